The van der Waals surface area contributed by atoms with Crippen LogP contribution in [0.2, 0.25) is 0 Å². The number of carbonyl (C=O) groups excluding carboxylic acids is 2. The Bertz CT molecular complexity index is 1770. The van der Waals surface area contributed by atoms with Gasteiger partial charge in [-0.15, -0.1) is 0 Å². The van der Waals surface area contributed by atoms with Crippen molar-refractivity contribution in [1.82, 2.24) is 25.5 Å². The number of piperazine rings is 1. The molecule has 53 heavy (non-hydrogen) atoms. The van der Waals surface area contributed by atoms with Gasteiger partial charge in [-0.3, -0.25) is 14.5 Å². The second-order valence-electron chi connectivity index (χ2n) is 14.1. The largest absolute Gasteiger partial charge is 0.392 e. The molecule has 4 aromatic rings. The average molecular weight is 721 g/mol. The van der Waals surface area contributed by atoms with Crippen molar-refractivity contribution in [2.24, 2.45) is 5.92 Å². The number of aromatic nitrogens is 2. The van der Waals surface area contributed by atoms with Gasteiger partial charge in [0.25, 0.3) is 0 Å². The minimum absolute atomic E-state index is 0.00178. The first-order chi connectivity index (χ1) is 25.9. The Morgan fingerprint density at radius 3 is 2.28 bits per heavy atom. The van der Waals surface area contributed by atoms with E-state index in [1.807, 2.05) is 36.4 Å². The molecule has 1 aromatic heterocycles. The number of rotatable bonds is 15. The summed E-state index contributed by atoms with van der Waals surface area (Å²) in [6.45, 7) is 9.07. The standard InChI is InChI=1S/C42H52N6O5/c1-30-38(28-47-21-23-48(24-22-47)42-44-19-8-20-45-42)52-41(53-40(30)34-16-14-32(29-49)15-17-34)37-12-7-11-36(26-37)35-10-6-9-33(25-35)27-46-39(51)13-4-3-5-18-43-31(2)50/h6-12,14-17,19-20,25-26,30,38,40-41,49H,3-5,13,18,21-24,27-29H2,1-2H3,(H,43,50)(H,46,51)/t30-,38+,40+,41+/m0/s1. The number of amides is 2. The number of nitrogens with one attached hydrogen (secondary N) is 2. The molecule has 4 atom stereocenters. The molecule has 280 valence electrons. The molecule has 2 fully saturated rings. The van der Waals surface area contributed by atoms with Crippen LogP contribution in [0.15, 0.2) is 91.3 Å². The molecule has 3 N–H and O–H groups in total. The molecule has 6 rings (SSSR count). The lowest BCUT2D eigenvalue weighted by atomic mass is 9.89. The second kappa shape index (κ2) is 18.9. The van der Waals surface area contributed by atoms with Gasteiger partial charge in [-0.1, -0.05) is 74.0 Å². The van der Waals surface area contributed by atoms with E-state index in [1.165, 1.54) is 6.92 Å². The fourth-order valence-corrected chi connectivity index (χ4v) is 7.03. The average Bonchev–Trinajstić information content (AvgIpc) is 3.20. The molecule has 2 aliphatic heterocycles. The number of anilines is 1. The number of aliphatic hydroxyl groups is 1. The highest BCUT2D eigenvalue weighted by Gasteiger charge is 2.39. The Balaban J connectivity index is 1.12. The summed E-state index contributed by atoms with van der Waals surface area (Å²) in [6, 6.07) is 26.5. The van der Waals surface area contributed by atoms with Crippen LogP contribution in [-0.4, -0.2) is 77.2 Å². The van der Waals surface area contributed by atoms with Crippen LogP contribution in [0.3, 0.4) is 0 Å². The number of nitrogens with zero attached hydrogens (tertiary/aromatic N) is 4. The van der Waals surface area contributed by atoms with E-state index >= 15 is 0 Å². The predicted octanol–water partition coefficient (Wildman–Crippen LogP) is 5.56. The summed E-state index contributed by atoms with van der Waals surface area (Å²) in [5, 5.41) is 15.5. The van der Waals surface area contributed by atoms with Gasteiger partial charge in [0.2, 0.25) is 17.8 Å². The zero-order valence-electron chi connectivity index (χ0n) is 30.8. The summed E-state index contributed by atoms with van der Waals surface area (Å²) in [7, 11) is 0. The van der Waals surface area contributed by atoms with Crippen molar-refractivity contribution in [1.29, 1.82) is 0 Å². The van der Waals surface area contributed by atoms with Crippen molar-refractivity contribution in [3.63, 3.8) is 0 Å². The lowest BCUT2D eigenvalue weighted by Crippen LogP contribution is -2.51. The molecule has 2 aliphatic rings. The van der Waals surface area contributed by atoms with Crippen molar-refractivity contribution in [2.45, 2.75) is 71.2 Å². The van der Waals surface area contributed by atoms with E-state index in [2.05, 4.69) is 79.8 Å². The van der Waals surface area contributed by atoms with Crippen molar-refractivity contribution in [3.05, 3.63) is 114 Å². The van der Waals surface area contributed by atoms with Crippen LogP contribution in [0.25, 0.3) is 11.1 Å². The maximum atomic E-state index is 12.5. The van der Waals surface area contributed by atoms with Crippen LogP contribution in [0, 0.1) is 5.92 Å². The SMILES string of the molecule is CC(=O)NCCCCCC(=O)NCc1cccc(-c2cccc([C@@H]3O[C@H](CN4CCN(c5ncccn5)CC4)[C@H](C)[C@H](c4ccc(CO)cc4)O3)c2)c1. The van der Waals surface area contributed by atoms with Gasteiger partial charge in [0.15, 0.2) is 6.29 Å². The van der Waals surface area contributed by atoms with Gasteiger partial charge >= 0.3 is 0 Å². The molecular formula is C42H52N6O5. The van der Waals surface area contributed by atoms with Gasteiger partial charge in [0, 0.05) is 83.0 Å². The van der Waals surface area contributed by atoms with Gasteiger partial charge in [-0.05, 0) is 58.9 Å². The number of hydrogen-bond acceptors (Lipinski definition) is 9. The third kappa shape index (κ3) is 10.7. The maximum Gasteiger partial charge on any atom is 0.225 e. The van der Waals surface area contributed by atoms with E-state index in [-0.39, 0.29) is 36.5 Å². The molecule has 11 nitrogen and oxygen atoms in total. The minimum Gasteiger partial charge on any atom is -0.392 e. The number of ether oxygens (including phenoxy) is 2. The lowest BCUT2D eigenvalue weighted by Gasteiger charge is -2.44. The molecule has 0 saturated carbocycles. The Morgan fingerprint density at radius 1 is 0.811 bits per heavy atom. The molecule has 3 aromatic carbocycles. The highest BCUT2D eigenvalue weighted by Crippen LogP contribution is 2.42. The molecule has 0 unspecified atom stereocenters. The van der Waals surface area contributed by atoms with Crippen LogP contribution in [0.4, 0.5) is 5.95 Å². The molecule has 2 saturated heterocycles. The highest BCUT2D eigenvalue weighted by molar-refractivity contribution is 5.76. The maximum absolute atomic E-state index is 12.5. The Hall–Kier alpha value is -4.68. The van der Waals surface area contributed by atoms with Gasteiger partial charge in [0.05, 0.1) is 18.8 Å². The van der Waals surface area contributed by atoms with Crippen LogP contribution in [0.1, 0.15) is 74.2 Å². The number of hydrogen-bond donors (Lipinski definition) is 3. The van der Waals surface area contributed by atoms with Crippen LogP contribution in [0.5, 0.6) is 0 Å². The monoisotopic (exact) mass is 720 g/mol. The fraction of sp³-hybridized carbons (Fsp3) is 0.429. The van der Waals surface area contributed by atoms with Gasteiger partial charge in [-0.25, -0.2) is 9.97 Å². The van der Waals surface area contributed by atoms with Crippen LogP contribution in [-0.2, 0) is 32.2 Å². The zero-order chi connectivity index (χ0) is 37.0. The summed E-state index contributed by atoms with van der Waals surface area (Å²) in [5.74, 6) is 0.857. The summed E-state index contributed by atoms with van der Waals surface area (Å²) in [5.41, 5.74) is 5.99. The van der Waals surface area contributed by atoms with E-state index in [1.54, 1.807) is 12.4 Å². The molecule has 2 amide bonds. The smallest absolute Gasteiger partial charge is 0.225 e. The van der Waals surface area contributed by atoms with Crippen molar-refractivity contribution < 1.29 is 24.2 Å². The summed E-state index contributed by atoms with van der Waals surface area (Å²) < 4.78 is 13.6. The number of unbranched alkanes of at least 4 members (excludes halogenated alkanes) is 2. The van der Waals surface area contributed by atoms with Crippen LogP contribution < -0.4 is 15.5 Å². The van der Waals surface area contributed by atoms with E-state index in [0.717, 1.165) is 91.3 Å². The number of benzene rings is 3. The molecular weight excluding hydrogens is 668 g/mol. The number of carbonyl (C=O) groups is 2. The predicted molar refractivity (Wildman–Crippen MR) is 205 cm³/mol. The van der Waals surface area contributed by atoms with Crippen molar-refractivity contribution in [3.8, 4) is 11.1 Å². The quantitative estimate of drug-likeness (QED) is 0.135. The topological polar surface area (TPSA) is 129 Å². The highest BCUT2D eigenvalue weighted by atomic mass is 16.7. The summed E-state index contributed by atoms with van der Waals surface area (Å²) >= 11 is 0. The van der Waals surface area contributed by atoms with Crippen LogP contribution >= 0.6 is 0 Å². The minimum atomic E-state index is -0.571. The Kier molecular flexibility index (Phi) is 13.6. The first-order valence-electron chi connectivity index (χ1n) is 18.8. The lowest BCUT2D eigenvalue weighted by molar-refractivity contribution is -0.276. The summed E-state index contributed by atoms with van der Waals surface area (Å²) in [6.07, 6.45) is 5.74. The normalized spacial score (nSPS) is 20.5. The Morgan fingerprint density at radius 2 is 1.55 bits per heavy atom. The number of aliphatic hydroxyl groups excluding tert-OH is 1. The molecule has 0 bridgehead atoms. The fourth-order valence-electron chi connectivity index (χ4n) is 7.03. The van der Waals surface area contributed by atoms with Gasteiger partial charge in [-0.2, -0.15) is 0 Å². The van der Waals surface area contributed by atoms with Crippen molar-refractivity contribution in [2.75, 3.05) is 44.2 Å². The van der Waals surface area contributed by atoms with E-state index in [0.29, 0.717) is 19.5 Å². The van der Waals surface area contributed by atoms with Gasteiger partial charge in [0.1, 0.15) is 0 Å². The Labute approximate surface area is 312 Å². The van der Waals surface area contributed by atoms with Gasteiger partial charge < -0.3 is 30.1 Å². The summed E-state index contributed by atoms with van der Waals surface area (Å²) in [4.78, 5) is 37.1. The molecule has 0 aliphatic carbocycles. The molecule has 0 radical (unpaired) electrons. The van der Waals surface area contributed by atoms with E-state index < -0.39 is 6.29 Å². The van der Waals surface area contributed by atoms with E-state index in [9.17, 15) is 14.7 Å². The molecule has 0 spiro atoms. The molecule has 3 heterocycles. The van der Waals surface area contributed by atoms with E-state index in [4.69, 9.17) is 9.47 Å². The molecule has 11 heteroatoms. The third-order valence-corrected chi connectivity index (χ3v) is 10.1. The zero-order valence-corrected chi connectivity index (χ0v) is 30.8. The third-order valence-electron chi connectivity index (χ3n) is 10.1. The van der Waals surface area contributed by atoms with Crippen molar-refractivity contribution >= 4 is 17.8 Å². The second-order valence-corrected chi connectivity index (χ2v) is 14.1. The first kappa shape index (κ1) is 38.1. The first-order valence-corrected chi connectivity index (χ1v) is 18.8.